The zero-order valence-corrected chi connectivity index (χ0v) is 9.50. The molecule has 1 saturated heterocycles. The lowest BCUT2D eigenvalue weighted by molar-refractivity contribution is -0.143. The van der Waals surface area contributed by atoms with Gasteiger partial charge in [0.1, 0.15) is 0 Å². The molecule has 0 N–H and O–H groups in total. The highest BCUT2D eigenvalue weighted by atomic mass is 32.2. The van der Waals surface area contributed by atoms with Gasteiger partial charge >= 0.3 is 5.97 Å². The first kappa shape index (κ1) is 12.1. The Morgan fingerprint density at radius 3 is 3.20 bits per heavy atom. The number of hydrogen-bond acceptors (Lipinski definition) is 5. The predicted molar refractivity (Wildman–Crippen MR) is 60.0 cm³/mol. The van der Waals surface area contributed by atoms with Crippen LogP contribution in [-0.4, -0.2) is 36.3 Å². The average Bonchev–Trinajstić information content (AvgIpc) is 2.72. The summed E-state index contributed by atoms with van der Waals surface area (Å²) in [4.78, 5) is 15.5. The second-order valence-corrected chi connectivity index (χ2v) is 4.32. The van der Waals surface area contributed by atoms with Crippen molar-refractivity contribution in [2.24, 2.45) is 10.9 Å². The van der Waals surface area contributed by atoms with Crippen LogP contribution in [0.15, 0.2) is 4.99 Å². The maximum Gasteiger partial charge on any atom is 0.328 e. The molecule has 0 bridgehead atoms. The van der Waals surface area contributed by atoms with Gasteiger partial charge in [0.15, 0.2) is 5.92 Å². The van der Waals surface area contributed by atoms with Gasteiger partial charge in [0, 0.05) is 12.0 Å². The molecule has 15 heavy (non-hydrogen) atoms. The fourth-order valence-corrected chi connectivity index (χ4v) is 2.36. The molecule has 82 valence electrons. The third-order valence-electron chi connectivity index (χ3n) is 2.03. The van der Waals surface area contributed by atoms with Crippen LogP contribution < -0.4 is 0 Å². The largest absolute Gasteiger partial charge is 0.465 e. The van der Waals surface area contributed by atoms with Crippen molar-refractivity contribution in [1.82, 2.24) is 0 Å². The summed E-state index contributed by atoms with van der Waals surface area (Å²) in [7, 11) is 0. The molecule has 1 rings (SSSR count). The van der Waals surface area contributed by atoms with Gasteiger partial charge in [-0.15, -0.1) is 0 Å². The molecule has 0 aliphatic carbocycles. The second-order valence-electron chi connectivity index (χ2n) is 3.17. The first-order valence-corrected chi connectivity index (χ1v) is 6.10. The van der Waals surface area contributed by atoms with Gasteiger partial charge in [-0.2, -0.15) is 17.0 Å². The lowest BCUT2D eigenvalue weighted by Crippen LogP contribution is -2.18. The minimum atomic E-state index is -0.851. The van der Waals surface area contributed by atoms with Gasteiger partial charge in [-0.05, 0) is 19.1 Å². The van der Waals surface area contributed by atoms with Crippen molar-refractivity contribution < 1.29 is 9.53 Å². The number of aliphatic imine (C=N–C) groups is 1. The highest BCUT2D eigenvalue weighted by Crippen LogP contribution is 2.19. The van der Waals surface area contributed by atoms with Crippen molar-refractivity contribution >= 4 is 23.9 Å². The van der Waals surface area contributed by atoms with Crippen molar-refractivity contribution in [3.63, 3.8) is 0 Å². The molecule has 1 heterocycles. The molecule has 0 radical (unpaired) electrons. The highest BCUT2D eigenvalue weighted by Gasteiger charge is 2.18. The summed E-state index contributed by atoms with van der Waals surface area (Å²) in [5, 5.41) is 8.75. The van der Waals surface area contributed by atoms with E-state index in [0.717, 1.165) is 17.9 Å². The molecule has 1 fully saturated rings. The van der Waals surface area contributed by atoms with Crippen molar-refractivity contribution in [2.45, 2.75) is 19.4 Å². The van der Waals surface area contributed by atoms with E-state index in [0.29, 0.717) is 6.61 Å². The zero-order valence-electron chi connectivity index (χ0n) is 8.68. The van der Waals surface area contributed by atoms with E-state index in [1.54, 1.807) is 6.92 Å². The number of carbonyl (C=O) groups excluding carboxylic acids is 1. The maximum absolute atomic E-state index is 11.2. The quantitative estimate of drug-likeness (QED) is 0.535. The van der Waals surface area contributed by atoms with Crippen molar-refractivity contribution in [2.75, 3.05) is 18.1 Å². The summed E-state index contributed by atoms with van der Waals surface area (Å²) in [6.45, 7) is 2.02. The number of hydrogen-bond donors (Lipinski definition) is 0. The van der Waals surface area contributed by atoms with E-state index in [2.05, 4.69) is 4.99 Å². The van der Waals surface area contributed by atoms with E-state index < -0.39 is 11.9 Å². The lowest BCUT2D eigenvalue weighted by Gasteiger charge is -2.04. The molecule has 2 atom stereocenters. The number of carbonyl (C=O) groups is 1. The van der Waals surface area contributed by atoms with Gasteiger partial charge in [0.05, 0.1) is 18.7 Å². The smallest absolute Gasteiger partial charge is 0.328 e. The highest BCUT2D eigenvalue weighted by molar-refractivity contribution is 7.99. The van der Waals surface area contributed by atoms with Crippen LogP contribution in [-0.2, 0) is 9.53 Å². The molecule has 0 unspecified atom stereocenters. The van der Waals surface area contributed by atoms with Crippen LogP contribution in [0.1, 0.15) is 13.3 Å². The van der Waals surface area contributed by atoms with E-state index in [1.807, 2.05) is 17.8 Å². The summed E-state index contributed by atoms with van der Waals surface area (Å²) < 4.78 is 4.75. The Bertz CT molecular complexity index is 280. The third kappa shape index (κ3) is 3.92. The molecule has 1 aliphatic rings. The maximum atomic E-state index is 11.2. The summed E-state index contributed by atoms with van der Waals surface area (Å²) in [6, 6.07) is 2.14. The molecule has 1 aliphatic heterocycles. The SMILES string of the molecule is CCOC(=O)[C@H](C#N)C=N[C@@H]1CCSC1. The van der Waals surface area contributed by atoms with Crippen LogP contribution in [0, 0.1) is 17.2 Å². The normalized spacial score (nSPS) is 22.5. The van der Waals surface area contributed by atoms with E-state index in [9.17, 15) is 4.79 Å². The molecule has 0 aromatic rings. The van der Waals surface area contributed by atoms with Crippen molar-refractivity contribution in [3.8, 4) is 6.07 Å². The standard InChI is InChI=1S/C10H14N2O2S/c1-2-14-10(13)8(5-11)6-12-9-3-4-15-7-9/h6,8-9H,2-4,7H2,1H3/t8-,9-/m1/s1. The minimum absolute atomic E-state index is 0.264. The number of nitrogens with zero attached hydrogens (tertiary/aromatic N) is 2. The fourth-order valence-electron chi connectivity index (χ4n) is 1.23. The number of esters is 1. The molecule has 0 amide bonds. The van der Waals surface area contributed by atoms with Crippen LogP contribution in [0.2, 0.25) is 0 Å². The van der Waals surface area contributed by atoms with Crippen molar-refractivity contribution in [1.29, 1.82) is 5.26 Å². The van der Waals surface area contributed by atoms with Crippen LogP contribution in [0.4, 0.5) is 0 Å². The first-order valence-electron chi connectivity index (χ1n) is 4.95. The Labute approximate surface area is 93.7 Å². The Morgan fingerprint density at radius 2 is 2.67 bits per heavy atom. The molecule has 0 saturated carbocycles. The number of rotatable bonds is 4. The van der Waals surface area contributed by atoms with Gasteiger partial charge in [-0.1, -0.05) is 0 Å². The Balaban J connectivity index is 2.45. The predicted octanol–water partition coefficient (Wildman–Crippen LogP) is 1.27. The summed E-state index contributed by atoms with van der Waals surface area (Å²) in [6.07, 6.45) is 2.46. The third-order valence-corrected chi connectivity index (χ3v) is 3.18. The van der Waals surface area contributed by atoms with E-state index in [1.165, 1.54) is 6.21 Å². The number of thioether (sulfide) groups is 1. The average molecular weight is 226 g/mol. The van der Waals surface area contributed by atoms with Gasteiger partial charge in [-0.25, -0.2) is 0 Å². The van der Waals surface area contributed by atoms with Crippen LogP contribution in [0.5, 0.6) is 0 Å². The summed E-state index contributed by atoms with van der Waals surface area (Å²) in [5.41, 5.74) is 0. The molecule has 0 aromatic heterocycles. The number of ether oxygens (including phenoxy) is 1. The molecular formula is C10H14N2O2S. The van der Waals surface area contributed by atoms with E-state index in [-0.39, 0.29) is 6.04 Å². The summed E-state index contributed by atoms with van der Waals surface area (Å²) >= 11 is 1.85. The van der Waals surface area contributed by atoms with Gasteiger partial charge in [0.25, 0.3) is 0 Å². The second kappa shape index (κ2) is 6.46. The van der Waals surface area contributed by atoms with Crippen LogP contribution >= 0.6 is 11.8 Å². The van der Waals surface area contributed by atoms with E-state index >= 15 is 0 Å². The first-order chi connectivity index (χ1) is 7.27. The van der Waals surface area contributed by atoms with Gasteiger partial charge in [0.2, 0.25) is 0 Å². The molecular weight excluding hydrogens is 212 g/mol. The molecule has 4 nitrogen and oxygen atoms in total. The fraction of sp³-hybridized carbons (Fsp3) is 0.700. The Morgan fingerprint density at radius 1 is 1.87 bits per heavy atom. The zero-order chi connectivity index (χ0) is 11.1. The lowest BCUT2D eigenvalue weighted by atomic mass is 10.2. The van der Waals surface area contributed by atoms with Gasteiger partial charge < -0.3 is 4.74 Å². The van der Waals surface area contributed by atoms with Crippen LogP contribution in [0.3, 0.4) is 0 Å². The topological polar surface area (TPSA) is 62.5 Å². The summed E-state index contributed by atoms with van der Waals surface area (Å²) in [5.74, 6) is 0.737. The van der Waals surface area contributed by atoms with Crippen molar-refractivity contribution in [3.05, 3.63) is 0 Å². The molecule has 5 heteroatoms. The molecule has 0 aromatic carbocycles. The Kier molecular flexibility index (Phi) is 5.19. The Hall–Kier alpha value is -1.02. The minimum Gasteiger partial charge on any atom is -0.465 e. The van der Waals surface area contributed by atoms with E-state index in [4.69, 9.17) is 10.00 Å². The monoisotopic (exact) mass is 226 g/mol. The van der Waals surface area contributed by atoms with Crippen LogP contribution in [0.25, 0.3) is 0 Å². The number of nitriles is 1. The molecule has 0 spiro atoms. The van der Waals surface area contributed by atoms with Gasteiger partial charge in [-0.3, -0.25) is 9.79 Å².